The van der Waals surface area contributed by atoms with Gasteiger partial charge in [-0.25, -0.2) is 9.59 Å². The van der Waals surface area contributed by atoms with Crippen LogP contribution in [0.3, 0.4) is 0 Å². The van der Waals surface area contributed by atoms with E-state index in [4.69, 9.17) is 14.6 Å². The average Bonchev–Trinajstić information content (AvgIpc) is 2.89. The summed E-state index contributed by atoms with van der Waals surface area (Å²) in [5.41, 5.74) is 3.32. The number of amides is 3. The fourth-order valence-electron chi connectivity index (χ4n) is 4.34. The number of rotatable bonds is 12. The van der Waals surface area contributed by atoms with Gasteiger partial charge in [0.2, 0.25) is 0 Å². The lowest BCUT2D eigenvalue weighted by atomic mass is 10.0. The van der Waals surface area contributed by atoms with Gasteiger partial charge in [0.1, 0.15) is 0 Å². The molecule has 0 atom stereocenters. The van der Waals surface area contributed by atoms with Gasteiger partial charge in [-0.05, 0) is 73.9 Å². The molecule has 0 aliphatic carbocycles. The summed E-state index contributed by atoms with van der Waals surface area (Å²) in [4.78, 5) is 25.0. The van der Waals surface area contributed by atoms with Crippen molar-refractivity contribution >= 4 is 17.8 Å². The Hall–Kier alpha value is -3.62. The number of urea groups is 1. The monoisotopic (exact) mass is 498 g/mol. The van der Waals surface area contributed by atoms with E-state index in [-0.39, 0.29) is 6.03 Å². The van der Waals surface area contributed by atoms with Crippen LogP contribution in [-0.4, -0.2) is 68.6 Å². The van der Waals surface area contributed by atoms with Crippen molar-refractivity contribution in [1.82, 2.24) is 15.5 Å². The van der Waals surface area contributed by atoms with E-state index in [1.807, 2.05) is 47.4 Å². The third kappa shape index (κ3) is 8.55. The Kier molecular flexibility index (Phi) is 10.5. The first-order chi connectivity index (χ1) is 17.5. The second-order valence-electron chi connectivity index (χ2n) is 8.96. The fraction of sp³-hybridized carbons (Fsp3) is 0.481. The minimum absolute atomic E-state index is 0.0129. The van der Waals surface area contributed by atoms with Gasteiger partial charge in [-0.3, -0.25) is 0 Å². The number of hydrogen-bond acceptors (Lipinski definition) is 5. The van der Waals surface area contributed by atoms with Crippen molar-refractivity contribution in [1.29, 1.82) is 0 Å². The largest absolute Gasteiger partial charge is 0.493 e. The molecule has 1 fully saturated rings. The van der Waals surface area contributed by atoms with E-state index in [2.05, 4.69) is 16.0 Å². The summed E-state index contributed by atoms with van der Waals surface area (Å²) >= 11 is 0. The van der Waals surface area contributed by atoms with Crippen molar-refractivity contribution in [3.8, 4) is 11.5 Å². The summed E-state index contributed by atoms with van der Waals surface area (Å²) in [5, 5.41) is 17.6. The summed E-state index contributed by atoms with van der Waals surface area (Å²) in [6, 6.07) is 14.4. The fourth-order valence-corrected chi connectivity index (χ4v) is 4.34. The zero-order chi connectivity index (χ0) is 25.8. The zero-order valence-corrected chi connectivity index (χ0v) is 21.2. The zero-order valence-electron chi connectivity index (χ0n) is 21.2. The summed E-state index contributed by atoms with van der Waals surface area (Å²) in [6.45, 7) is 2.53. The second-order valence-corrected chi connectivity index (χ2v) is 8.96. The van der Waals surface area contributed by atoms with Crippen LogP contribution >= 0.6 is 0 Å². The van der Waals surface area contributed by atoms with Crippen LogP contribution in [-0.2, 0) is 12.8 Å². The Balaban J connectivity index is 1.30. The normalized spacial score (nSPS) is 13.7. The van der Waals surface area contributed by atoms with Gasteiger partial charge in [-0.15, -0.1) is 0 Å². The molecule has 3 amide bonds. The summed E-state index contributed by atoms with van der Waals surface area (Å²) < 4.78 is 10.6. The third-order valence-electron chi connectivity index (χ3n) is 6.41. The van der Waals surface area contributed by atoms with Crippen LogP contribution in [0.4, 0.5) is 15.3 Å². The lowest BCUT2D eigenvalue weighted by Crippen LogP contribution is -2.47. The number of piperidine rings is 1. The molecule has 0 aromatic heterocycles. The molecule has 1 aliphatic rings. The molecule has 1 aliphatic heterocycles. The molecule has 0 radical (unpaired) electrons. The van der Waals surface area contributed by atoms with E-state index in [1.54, 1.807) is 14.2 Å². The molecule has 2 aromatic carbocycles. The van der Waals surface area contributed by atoms with Gasteiger partial charge in [-0.1, -0.05) is 18.2 Å². The van der Waals surface area contributed by atoms with E-state index >= 15 is 0 Å². The van der Waals surface area contributed by atoms with Crippen LogP contribution in [0.1, 0.15) is 36.8 Å². The highest BCUT2D eigenvalue weighted by molar-refractivity contribution is 5.74. The number of carbonyl (C=O) groups excluding carboxylic acids is 1. The van der Waals surface area contributed by atoms with Crippen molar-refractivity contribution in [3.63, 3.8) is 0 Å². The molecule has 1 saturated heterocycles. The summed E-state index contributed by atoms with van der Waals surface area (Å²) in [7, 11) is 3.27. The maximum atomic E-state index is 12.5. The molecule has 3 rings (SSSR count). The molecule has 36 heavy (non-hydrogen) atoms. The topological polar surface area (TPSA) is 112 Å². The first-order valence-electron chi connectivity index (χ1n) is 12.5. The van der Waals surface area contributed by atoms with Gasteiger partial charge in [0.25, 0.3) is 0 Å². The number of nitrogens with one attached hydrogen (secondary N) is 3. The number of benzene rings is 2. The van der Waals surface area contributed by atoms with Gasteiger partial charge in [0.15, 0.2) is 11.5 Å². The van der Waals surface area contributed by atoms with Crippen molar-refractivity contribution in [3.05, 3.63) is 53.6 Å². The number of ether oxygens (including phenoxy) is 2. The number of methoxy groups -OCH3 is 2. The molecule has 0 unspecified atom stereocenters. The first kappa shape index (κ1) is 27.0. The highest BCUT2D eigenvalue weighted by atomic mass is 16.5. The predicted octanol–water partition coefficient (Wildman–Crippen LogP) is 4.12. The number of nitrogens with zero attached hydrogens (tertiary/aromatic N) is 1. The van der Waals surface area contributed by atoms with Gasteiger partial charge in [0, 0.05) is 37.9 Å². The van der Waals surface area contributed by atoms with Gasteiger partial charge < -0.3 is 35.4 Å². The van der Waals surface area contributed by atoms with E-state index in [0.29, 0.717) is 25.6 Å². The van der Waals surface area contributed by atoms with E-state index in [1.165, 1.54) is 5.56 Å². The van der Waals surface area contributed by atoms with Crippen LogP contribution in [0.2, 0.25) is 0 Å². The van der Waals surface area contributed by atoms with Crippen molar-refractivity contribution in [2.24, 2.45) is 0 Å². The molecule has 2 aromatic rings. The number of carboxylic acid groups (broad SMARTS) is 1. The Bertz CT molecular complexity index is 975. The van der Waals surface area contributed by atoms with Crippen molar-refractivity contribution in [2.75, 3.05) is 45.7 Å². The minimum atomic E-state index is -1.00. The number of hydrogen-bond donors (Lipinski definition) is 4. The minimum Gasteiger partial charge on any atom is -0.493 e. The molecular weight excluding hydrogens is 460 g/mol. The first-order valence-corrected chi connectivity index (χ1v) is 12.5. The Morgan fingerprint density at radius 3 is 2.25 bits per heavy atom. The lowest BCUT2D eigenvalue weighted by Gasteiger charge is -2.33. The second kappa shape index (κ2) is 14.1. The Morgan fingerprint density at radius 1 is 0.889 bits per heavy atom. The maximum absolute atomic E-state index is 12.5. The molecular formula is C27H38N4O5. The number of likely N-dealkylation sites (tertiary alicyclic amines) is 1. The maximum Gasteiger partial charge on any atom is 0.404 e. The molecule has 1 heterocycles. The van der Waals surface area contributed by atoms with E-state index in [0.717, 1.165) is 67.9 Å². The number of carbonyl (C=O) groups is 2. The molecule has 9 heteroatoms. The summed E-state index contributed by atoms with van der Waals surface area (Å²) in [5.74, 6) is 1.47. The molecule has 0 spiro atoms. The van der Waals surface area contributed by atoms with Crippen LogP contribution in [0.5, 0.6) is 11.5 Å². The highest BCUT2D eigenvalue weighted by Gasteiger charge is 2.22. The average molecular weight is 499 g/mol. The summed E-state index contributed by atoms with van der Waals surface area (Å²) in [6.07, 6.45) is 4.29. The van der Waals surface area contributed by atoms with Gasteiger partial charge in [0.05, 0.1) is 14.2 Å². The number of anilines is 1. The molecule has 196 valence electrons. The Labute approximate surface area is 213 Å². The lowest BCUT2D eigenvalue weighted by molar-refractivity contribution is 0.183. The standard InChI is InChI=1S/C27H38N4O5/c1-35-24-11-8-21(19-25(24)36-2)5-3-4-15-28-26(32)31-17-13-23(14-18-31)30-22-9-6-20(7-10-22)12-16-29-27(33)34/h6-11,19,23,29-30H,3-5,12-18H2,1-2H3,(H,28,32)(H,33,34). The highest BCUT2D eigenvalue weighted by Crippen LogP contribution is 2.28. The van der Waals surface area contributed by atoms with E-state index in [9.17, 15) is 9.59 Å². The molecule has 9 nitrogen and oxygen atoms in total. The molecule has 0 saturated carbocycles. The number of unbranched alkanes of at least 4 members (excludes halogenated alkanes) is 1. The Morgan fingerprint density at radius 2 is 1.58 bits per heavy atom. The van der Waals surface area contributed by atoms with E-state index < -0.39 is 6.09 Å². The molecule has 4 N–H and O–H groups in total. The van der Waals surface area contributed by atoms with Crippen molar-refractivity contribution in [2.45, 2.75) is 44.6 Å². The van der Waals surface area contributed by atoms with Crippen LogP contribution < -0.4 is 25.4 Å². The third-order valence-corrected chi connectivity index (χ3v) is 6.41. The smallest absolute Gasteiger partial charge is 0.404 e. The number of aryl methyl sites for hydroxylation is 1. The van der Waals surface area contributed by atoms with Crippen LogP contribution in [0, 0.1) is 0 Å². The van der Waals surface area contributed by atoms with Gasteiger partial charge in [-0.2, -0.15) is 0 Å². The van der Waals surface area contributed by atoms with Crippen molar-refractivity contribution < 1.29 is 24.2 Å². The van der Waals surface area contributed by atoms with Crippen LogP contribution in [0.25, 0.3) is 0 Å². The van der Waals surface area contributed by atoms with Crippen LogP contribution in [0.15, 0.2) is 42.5 Å². The SMILES string of the molecule is COc1ccc(CCCCNC(=O)N2CCC(Nc3ccc(CCNC(=O)O)cc3)CC2)cc1OC. The quantitative estimate of drug-likeness (QED) is 0.328. The molecule has 0 bridgehead atoms. The van der Waals surface area contributed by atoms with Gasteiger partial charge >= 0.3 is 12.1 Å². The predicted molar refractivity (Wildman–Crippen MR) is 140 cm³/mol.